The molecule has 0 unspecified atom stereocenters. The Balaban J connectivity index is 1.52. The Morgan fingerprint density at radius 3 is 2.26 bits per heavy atom. The van der Waals surface area contributed by atoms with Crippen LogP contribution in [0, 0.1) is 0 Å². The van der Waals surface area contributed by atoms with Gasteiger partial charge >= 0.3 is 0 Å². The molecule has 0 bridgehead atoms. The van der Waals surface area contributed by atoms with Gasteiger partial charge in [0.1, 0.15) is 23.2 Å². The van der Waals surface area contributed by atoms with Crippen LogP contribution >= 0.6 is 0 Å². The predicted molar refractivity (Wildman–Crippen MR) is 174 cm³/mol. The van der Waals surface area contributed by atoms with Crippen molar-refractivity contribution in [2.75, 3.05) is 35.0 Å². The third kappa shape index (κ3) is 6.76. The largest absolute Gasteiger partial charge is 0.493 e. The number of carbonyl (C=O) groups is 2. The molecule has 246 valence electrons. The molecule has 13 heteroatoms. The van der Waals surface area contributed by atoms with Gasteiger partial charge in [-0.2, -0.15) is 0 Å². The van der Waals surface area contributed by atoms with Crippen LogP contribution in [0.1, 0.15) is 28.7 Å². The van der Waals surface area contributed by atoms with E-state index in [0.717, 1.165) is 16.9 Å². The van der Waals surface area contributed by atoms with Crippen molar-refractivity contribution in [3.63, 3.8) is 0 Å². The highest BCUT2D eigenvalue weighted by molar-refractivity contribution is 5.98. The Bertz CT molecular complexity index is 1970. The molecular weight excluding hydrogens is 608 g/mol. The van der Waals surface area contributed by atoms with Crippen molar-refractivity contribution in [3.8, 4) is 28.6 Å². The van der Waals surface area contributed by atoms with Gasteiger partial charge in [-0.25, -0.2) is 4.98 Å². The maximum Gasteiger partial charge on any atom is 0.252 e. The zero-order valence-corrected chi connectivity index (χ0v) is 26.7. The minimum Gasteiger partial charge on any atom is -0.493 e. The van der Waals surface area contributed by atoms with Crippen molar-refractivity contribution in [1.29, 1.82) is 0 Å². The second kappa shape index (κ2) is 13.9. The van der Waals surface area contributed by atoms with Gasteiger partial charge in [0, 0.05) is 43.3 Å². The number of primary amides is 1. The van der Waals surface area contributed by atoms with Crippen LogP contribution < -0.4 is 30.7 Å². The number of methoxy groups -OCH3 is 4. The van der Waals surface area contributed by atoms with Crippen LogP contribution in [0.4, 0.5) is 0 Å². The Morgan fingerprint density at radius 2 is 1.68 bits per heavy atom. The summed E-state index contributed by atoms with van der Waals surface area (Å²) in [6.07, 6.45) is -0.736. The predicted octanol–water partition coefficient (Wildman–Crippen LogP) is 3.04. The number of hydrogen-bond donors (Lipinski definition) is 3. The Morgan fingerprint density at radius 1 is 1.00 bits per heavy atom. The number of hydrogen-bond acceptors (Lipinski definition) is 10. The topological polar surface area (TPSA) is 177 Å². The summed E-state index contributed by atoms with van der Waals surface area (Å²) in [4.78, 5) is 42.4. The molecule has 0 radical (unpaired) electrons. The molecule has 2 amide bonds. The first-order valence-electron chi connectivity index (χ1n) is 14.7. The molecule has 5 aromatic rings. The maximum absolute atomic E-state index is 13.3. The molecular formula is C34H36N4O9. The first kappa shape index (κ1) is 33.0. The minimum atomic E-state index is -1.24. The number of amides is 2. The second-order valence-electron chi connectivity index (χ2n) is 10.9. The zero-order chi connectivity index (χ0) is 33.8. The van der Waals surface area contributed by atoms with E-state index in [1.807, 2.05) is 16.7 Å². The molecule has 0 aliphatic heterocycles. The van der Waals surface area contributed by atoms with Crippen LogP contribution in [0.2, 0.25) is 0 Å². The van der Waals surface area contributed by atoms with Crippen LogP contribution in [0.3, 0.4) is 0 Å². The number of benzene rings is 3. The van der Waals surface area contributed by atoms with Crippen LogP contribution in [0.5, 0.6) is 17.2 Å². The number of aliphatic hydroxyl groups excluding tert-OH is 1. The standard InChI is InChI=1S/C34H36N4O9/c1-18(39)31(33(35)41)37-34(42)21-8-6-20(7-9-21)26-17-25(40)22-15-23-24(16-27(22)47-26)38(10-11-43-2)30(36-23)14-19-12-28(44-3)32(46-5)29(13-19)45-4/h6-9,12-13,15-18,31,39H,10-11,14H2,1-5H3,(H2,35,41)(H,37,42)/t18-,31+/m1/s1. The van der Waals surface area contributed by atoms with Crippen LogP contribution in [0.25, 0.3) is 33.3 Å². The number of ether oxygens (including phenoxy) is 4. The van der Waals surface area contributed by atoms with Crippen molar-refractivity contribution >= 4 is 33.8 Å². The molecule has 0 aliphatic rings. The number of nitrogens with zero attached hydrogens (tertiary/aromatic N) is 2. The molecule has 2 heterocycles. The molecule has 2 aromatic heterocycles. The van der Waals surface area contributed by atoms with E-state index in [1.165, 1.54) is 25.1 Å². The van der Waals surface area contributed by atoms with E-state index in [-0.39, 0.29) is 11.0 Å². The quantitative estimate of drug-likeness (QED) is 0.173. The van der Waals surface area contributed by atoms with Gasteiger partial charge in [-0.1, -0.05) is 12.1 Å². The molecule has 3 aromatic carbocycles. The number of fused-ring (bicyclic) bond motifs is 2. The first-order valence-corrected chi connectivity index (χ1v) is 14.7. The Labute approximate surface area is 269 Å². The van der Waals surface area contributed by atoms with Gasteiger partial charge in [-0.15, -0.1) is 0 Å². The highest BCUT2D eigenvalue weighted by Crippen LogP contribution is 2.39. The van der Waals surface area contributed by atoms with Crippen LogP contribution in [0.15, 0.2) is 63.8 Å². The van der Waals surface area contributed by atoms with E-state index in [0.29, 0.717) is 64.6 Å². The number of nitrogens with one attached hydrogen (secondary N) is 1. The molecule has 0 aliphatic carbocycles. The summed E-state index contributed by atoms with van der Waals surface area (Å²) in [5.41, 5.74) is 8.42. The van der Waals surface area contributed by atoms with Crippen molar-refractivity contribution in [1.82, 2.24) is 14.9 Å². The van der Waals surface area contributed by atoms with E-state index < -0.39 is 24.0 Å². The van der Waals surface area contributed by atoms with E-state index in [1.54, 1.807) is 52.7 Å². The highest BCUT2D eigenvalue weighted by atomic mass is 16.5. The summed E-state index contributed by atoms with van der Waals surface area (Å²) in [5, 5.41) is 12.5. The first-order chi connectivity index (χ1) is 22.6. The number of carbonyl (C=O) groups excluding carboxylic acids is 2. The molecule has 2 atom stereocenters. The molecule has 47 heavy (non-hydrogen) atoms. The minimum absolute atomic E-state index is 0.229. The number of imidazole rings is 1. The zero-order valence-electron chi connectivity index (χ0n) is 26.7. The van der Waals surface area contributed by atoms with Crippen molar-refractivity contribution < 1.29 is 38.1 Å². The molecule has 0 fully saturated rings. The smallest absolute Gasteiger partial charge is 0.252 e. The van der Waals surface area contributed by atoms with Gasteiger partial charge < -0.3 is 44.1 Å². The summed E-state index contributed by atoms with van der Waals surface area (Å²) >= 11 is 0. The van der Waals surface area contributed by atoms with Gasteiger partial charge in [0.25, 0.3) is 5.91 Å². The molecule has 0 saturated carbocycles. The number of rotatable bonds is 13. The fraction of sp³-hybridized carbons (Fsp3) is 0.294. The molecule has 4 N–H and O–H groups in total. The van der Waals surface area contributed by atoms with E-state index in [4.69, 9.17) is 34.1 Å². The molecule has 0 saturated heterocycles. The maximum atomic E-state index is 13.3. The van der Waals surface area contributed by atoms with Crippen molar-refractivity contribution in [3.05, 3.63) is 81.8 Å². The van der Waals surface area contributed by atoms with Gasteiger partial charge in [0.15, 0.2) is 16.9 Å². The number of nitrogens with two attached hydrogens (primary N) is 1. The lowest BCUT2D eigenvalue weighted by molar-refractivity contribution is -0.122. The summed E-state index contributed by atoms with van der Waals surface area (Å²) in [5.74, 6) is 1.13. The summed E-state index contributed by atoms with van der Waals surface area (Å²) < 4.78 is 30.2. The van der Waals surface area contributed by atoms with Gasteiger partial charge in [-0.05, 0) is 42.8 Å². The number of aromatic nitrogens is 2. The summed E-state index contributed by atoms with van der Waals surface area (Å²) in [6.45, 7) is 2.28. The average Bonchev–Trinajstić information content (AvgIpc) is 3.39. The van der Waals surface area contributed by atoms with Gasteiger partial charge in [-0.3, -0.25) is 14.4 Å². The van der Waals surface area contributed by atoms with Crippen LogP contribution in [-0.4, -0.2) is 73.7 Å². The summed E-state index contributed by atoms with van der Waals surface area (Å²) in [6, 6.07) is 13.7. The monoisotopic (exact) mass is 644 g/mol. The summed E-state index contributed by atoms with van der Waals surface area (Å²) in [7, 11) is 6.29. The van der Waals surface area contributed by atoms with E-state index in [9.17, 15) is 19.5 Å². The van der Waals surface area contributed by atoms with Crippen molar-refractivity contribution in [2.45, 2.75) is 32.0 Å². The van der Waals surface area contributed by atoms with E-state index in [2.05, 4.69) is 5.32 Å². The fourth-order valence-electron chi connectivity index (χ4n) is 5.39. The molecule has 0 spiro atoms. The third-order valence-electron chi connectivity index (χ3n) is 7.79. The fourth-order valence-corrected chi connectivity index (χ4v) is 5.39. The Hall–Kier alpha value is -5.40. The highest BCUT2D eigenvalue weighted by Gasteiger charge is 2.24. The molecule has 5 rings (SSSR count). The van der Waals surface area contributed by atoms with Crippen LogP contribution in [-0.2, 0) is 22.5 Å². The lowest BCUT2D eigenvalue weighted by Gasteiger charge is -2.18. The third-order valence-corrected chi connectivity index (χ3v) is 7.79. The molecule has 13 nitrogen and oxygen atoms in total. The lowest BCUT2D eigenvalue weighted by Crippen LogP contribution is -2.50. The lowest BCUT2D eigenvalue weighted by atomic mass is 10.1. The van der Waals surface area contributed by atoms with Gasteiger partial charge in [0.2, 0.25) is 11.7 Å². The normalized spacial score (nSPS) is 12.6. The SMILES string of the molecule is COCCn1c(Cc2cc(OC)c(OC)c(OC)c2)nc2cc3c(=O)cc(-c4ccc(C(=O)N[C@H](C(N)=O)[C@@H](C)O)cc4)oc3cc21. The second-order valence-corrected chi connectivity index (χ2v) is 10.9. The van der Waals surface area contributed by atoms with Crippen molar-refractivity contribution in [2.24, 2.45) is 5.73 Å². The average molecular weight is 645 g/mol. The Kier molecular flexibility index (Phi) is 9.78. The van der Waals surface area contributed by atoms with Gasteiger partial charge in [0.05, 0.1) is 50.5 Å². The number of aliphatic hydroxyl groups is 1. The van der Waals surface area contributed by atoms with E-state index >= 15 is 0 Å².